The third-order valence-corrected chi connectivity index (χ3v) is 2.34. The summed E-state index contributed by atoms with van der Waals surface area (Å²) < 4.78 is 0. The minimum atomic E-state index is 0. The maximum atomic E-state index is 4.52. The quantitative estimate of drug-likeness (QED) is 0.564. The number of para-hydroxylation sites is 2. The van der Waals surface area contributed by atoms with Crippen molar-refractivity contribution in [1.29, 1.82) is 0 Å². The molecule has 0 N–H and O–H groups in total. The fraction of sp³-hybridized carbons (Fsp3) is 0. The average Bonchev–Trinajstić information content (AvgIpc) is 2.56. The van der Waals surface area contributed by atoms with Crippen LogP contribution in [0.4, 0.5) is 0 Å². The molecule has 1 nitrogen and oxygen atoms in total. The molecule has 0 aliphatic heterocycles. The summed E-state index contributed by atoms with van der Waals surface area (Å²) in [6, 6.07) is 16.5. The molecule has 0 aliphatic carbocycles. The molecule has 0 fully saturated rings. The molecule has 0 unspecified atom stereocenters. The Labute approximate surface area is 94.0 Å². The summed E-state index contributed by atoms with van der Waals surface area (Å²) in [5, 5.41) is 2.50. The number of rotatable bonds is 0. The molecule has 14 heavy (non-hydrogen) atoms. The Hall–Kier alpha value is -1.18. The van der Waals surface area contributed by atoms with Gasteiger partial charge in [-0.2, -0.15) is 0 Å². The molecule has 0 aliphatic rings. The van der Waals surface area contributed by atoms with Gasteiger partial charge in [0.05, 0.1) is 0 Å². The molecule has 0 saturated heterocycles. The summed E-state index contributed by atoms with van der Waals surface area (Å²) in [5.74, 6) is 0. The van der Waals surface area contributed by atoms with Crippen LogP contribution < -0.4 is 4.98 Å². The van der Waals surface area contributed by atoms with Crippen molar-refractivity contribution in [3.63, 3.8) is 0 Å². The van der Waals surface area contributed by atoms with E-state index in [2.05, 4.69) is 41.4 Å². The predicted molar refractivity (Wildman–Crippen MR) is 54.8 cm³/mol. The van der Waals surface area contributed by atoms with Gasteiger partial charge in [0, 0.05) is 18.6 Å². The molecule has 0 atom stereocenters. The molecule has 1 radical (unpaired) electrons. The van der Waals surface area contributed by atoms with Crippen LogP contribution in [-0.4, -0.2) is 0 Å². The van der Waals surface area contributed by atoms with Crippen LogP contribution in [0.3, 0.4) is 0 Å². The standard InChI is InChI=1S/C12H8N.V/c1-3-7-11-9(5-1)10-6-2-4-8-12(10)13-11;/h1-8H;/q-1;. The number of fused-ring (bicyclic) bond motifs is 3. The molecule has 67 valence electrons. The predicted octanol–water partition coefficient (Wildman–Crippen LogP) is 2.95. The summed E-state index contributed by atoms with van der Waals surface area (Å²) in [5.41, 5.74) is 2.17. The first kappa shape index (κ1) is 9.38. The largest absolute Gasteiger partial charge is 0.657 e. The van der Waals surface area contributed by atoms with Crippen LogP contribution in [0.25, 0.3) is 21.8 Å². The summed E-state index contributed by atoms with van der Waals surface area (Å²) >= 11 is 0. The van der Waals surface area contributed by atoms with Gasteiger partial charge in [0.15, 0.2) is 0 Å². The second-order valence-electron chi connectivity index (χ2n) is 3.15. The van der Waals surface area contributed by atoms with Gasteiger partial charge in [-0.25, -0.2) is 0 Å². The molecule has 3 aromatic rings. The molecule has 1 aromatic heterocycles. The number of hydrogen-bond donors (Lipinski definition) is 0. The van der Waals surface area contributed by atoms with E-state index in [1.807, 2.05) is 12.1 Å². The van der Waals surface area contributed by atoms with Gasteiger partial charge in [-0.1, -0.05) is 48.5 Å². The molecule has 0 amide bonds. The Kier molecular flexibility index (Phi) is 2.36. The molecular weight excluding hydrogens is 209 g/mol. The Bertz CT molecular complexity index is 518. The van der Waals surface area contributed by atoms with E-state index in [4.69, 9.17) is 0 Å². The van der Waals surface area contributed by atoms with Gasteiger partial charge in [0.1, 0.15) is 0 Å². The summed E-state index contributed by atoms with van der Waals surface area (Å²) in [6.45, 7) is 0. The number of nitrogens with zero attached hydrogens (tertiary/aromatic N) is 1. The van der Waals surface area contributed by atoms with E-state index in [9.17, 15) is 0 Å². The Balaban J connectivity index is 0.000000750. The van der Waals surface area contributed by atoms with Crippen molar-refractivity contribution in [2.75, 3.05) is 0 Å². The van der Waals surface area contributed by atoms with E-state index in [-0.39, 0.29) is 18.6 Å². The fourth-order valence-electron chi connectivity index (χ4n) is 1.73. The van der Waals surface area contributed by atoms with Crippen LogP contribution >= 0.6 is 0 Å². The first-order chi connectivity index (χ1) is 6.45. The minimum Gasteiger partial charge on any atom is -0.657 e. The second kappa shape index (κ2) is 3.53. The summed E-state index contributed by atoms with van der Waals surface area (Å²) in [6.07, 6.45) is 0. The monoisotopic (exact) mass is 217 g/mol. The summed E-state index contributed by atoms with van der Waals surface area (Å²) in [4.78, 5) is 4.52. The molecule has 2 aromatic carbocycles. The van der Waals surface area contributed by atoms with Crippen molar-refractivity contribution in [1.82, 2.24) is 4.98 Å². The van der Waals surface area contributed by atoms with Crippen LogP contribution in [0.1, 0.15) is 0 Å². The van der Waals surface area contributed by atoms with E-state index >= 15 is 0 Å². The molecular formula is C12H8NV-. The van der Waals surface area contributed by atoms with Crippen LogP contribution in [0.15, 0.2) is 48.5 Å². The normalized spacial score (nSPS) is 10.3. The van der Waals surface area contributed by atoms with Gasteiger partial charge in [-0.05, 0) is 10.8 Å². The third-order valence-electron chi connectivity index (χ3n) is 2.34. The topological polar surface area (TPSA) is 14.1 Å². The van der Waals surface area contributed by atoms with Gasteiger partial charge in [-0.15, -0.1) is 11.0 Å². The smallest absolute Gasteiger partial charge is 0 e. The summed E-state index contributed by atoms with van der Waals surface area (Å²) in [7, 11) is 0. The third kappa shape index (κ3) is 1.26. The van der Waals surface area contributed by atoms with Gasteiger partial charge in [0.2, 0.25) is 0 Å². The van der Waals surface area contributed by atoms with Crippen molar-refractivity contribution in [2.45, 2.75) is 0 Å². The fourth-order valence-corrected chi connectivity index (χ4v) is 1.73. The maximum absolute atomic E-state index is 4.52. The molecule has 0 bridgehead atoms. The van der Waals surface area contributed by atoms with Crippen molar-refractivity contribution >= 4 is 21.8 Å². The SMILES string of the molecule is [V].c1ccc2c(c1)[n-]c1ccccc12. The first-order valence-corrected chi connectivity index (χ1v) is 4.35. The number of hydrogen-bond acceptors (Lipinski definition) is 0. The van der Waals surface area contributed by atoms with E-state index in [0.717, 1.165) is 11.0 Å². The minimum absolute atomic E-state index is 0. The van der Waals surface area contributed by atoms with Crippen LogP contribution in [0.5, 0.6) is 0 Å². The Morgan fingerprint density at radius 1 is 0.643 bits per heavy atom. The zero-order chi connectivity index (χ0) is 8.67. The zero-order valence-electron chi connectivity index (χ0n) is 7.51. The van der Waals surface area contributed by atoms with E-state index in [0.29, 0.717) is 0 Å². The van der Waals surface area contributed by atoms with Crippen molar-refractivity contribution in [3.8, 4) is 0 Å². The second-order valence-corrected chi connectivity index (χ2v) is 3.15. The zero-order valence-corrected chi connectivity index (χ0v) is 8.91. The Morgan fingerprint density at radius 2 is 1.07 bits per heavy atom. The van der Waals surface area contributed by atoms with E-state index in [1.165, 1.54) is 10.8 Å². The van der Waals surface area contributed by atoms with Crippen molar-refractivity contribution in [3.05, 3.63) is 48.5 Å². The van der Waals surface area contributed by atoms with E-state index < -0.39 is 0 Å². The average molecular weight is 217 g/mol. The Morgan fingerprint density at radius 3 is 1.57 bits per heavy atom. The molecule has 2 heteroatoms. The first-order valence-electron chi connectivity index (χ1n) is 4.35. The maximum Gasteiger partial charge on any atom is 0 e. The van der Waals surface area contributed by atoms with Gasteiger partial charge in [-0.3, -0.25) is 0 Å². The van der Waals surface area contributed by atoms with Crippen LogP contribution in [-0.2, 0) is 18.6 Å². The van der Waals surface area contributed by atoms with Crippen LogP contribution in [0.2, 0.25) is 0 Å². The van der Waals surface area contributed by atoms with Gasteiger partial charge < -0.3 is 4.98 Å². The molecule has 0 spiro atoms. The number of benzene rings is 2. The van der Waals surface area contributed by atoms with Crippen molar-refractivity contribution < 1.29 is 18.6 Å². The van der Waals surface area contributed by atoms with E-state index in [1.54, 1.807) is 0 Å². The molecule has 0 saturated carbocycles. The van der Waals surface area contributed by atoms with Gasteiger partial charge >= 0.3 is 0 Å². The number of aromatic nitrogens is 1. The van der Waals surface area contributed by atoms with Crippen molar-refractivity contribution in [2.24, 2.45) is 0 Å². The van der Waals surface area contributed by atoms with Gasteiger partial charge in [0.25, 0.3) is 0 Å². The molecule has 1 heterocycles. The molecule has 3 rings (SSSR count). The van der Waals surface area contributed by atoms with Crippen LogP contribution in [0, 0.1) is 0 Å².